The Kier molecular flexibility index (Phi) is 3.72. The van der Waals surface area contributed by atoms with Crippen molar-refractivity contribution >= 4 is 13.5 Å². The minimum Gasteiger partial charge on any atom is -0.504 e. The van der Waals surface area contributed by atoms with Gasteiger partial charge in [-0.15, -0.1) is 0 Å². The van der Waals surface area contributed by atoms with Crippen LogP contribution in [0.5, 0.6) is 11.5 Å². The lowest BCUT2D eigenvalue weighted by Gasteiger charge is -1.99. The molecule has 2 nitrogen and oxygen atoms in total. The number of para-hydroxylation sites is 2. The highest BCUT2D eigenvalue weighted by Gasteiger charge is 1.94. The van der Waals surface area contributed by atoms with Crippen LogP contribution in [-0.2, 0) is 0 Å². The number of rotatable bonds is 1. The fourth-order valence-electron chi connectivity index (χ4n) is 0.630. The molecule has 0 saturated heterocycles. The monoisotopic (exact) mass is 158 g/mol. The molecule has 0 spiro atoms. The largest absolute Gasteiger partial charge is 0.504 e. The third-order valence-corrected chi connectivity index (χ3v) is 1.09. The van der Waals surface area contributed by atoms with E-state index in [4.69, 9.17) is 9.84 Å². The second-order valence-corrected chi connectivity index (χ2v) is 1.67. The zero-order chi connectivity index (χ0) is 6.69. The summed E-state index contributed by atoms with van der Waals surface area (Å²) < 4.78 is 4.79. The summed E-state index contributed by atoms with van der Waals surface area (Å²) >= 11 is 0. The van der Waals surface area contributed by atoms with Crippen LogP contribution in [0.2, 0.25) is 0 Å². The average Bonchev–Trinajstić information content (AvgIpc) is 1.89. The van der Waals surface area contributed by atoms with Crippen molar-refractivity contribution in [2.24, 2.45) is 0 Å². The van der Waals surface area contributed by atoms with Gasteiger partial charge in [0, 0.05) is 0 Å². The van der Waals surface area contributed by atoms with Gasteiger partial charge in [0.1, 0.15) is 0 Å². The Morgan fingerprint density at radius 2 is 1.90 bits per heavy atom. The lowest BCUT2D eigenvalue weighted by Crippen LogP contribution is -1.80. The number of hydrogen-bond donors (Lipinski definition) is 1. The zero-order valence-corrected chi connectivity index (χ0v) is 6.66. The molecule has 0 saturated carbocycles. The van der Waals surface area contributed by atoms with E-state index in [1.807, 2.05) is 0 Å². The van der Waals surface area contributed by atoms with Crippen LogP contribution in [0.15, 0.2) is 24.3 Å². The number of hydrogen-bond acceptors (Lipinski definition) is 2. The molecule has 0 bridgehead atoms. The van der Waals surface area contributed by atoms with E-state index in [-0.39, 0.29) is 19.2 Å². The fourth-order valence-corrected chi connectivity index (χ4v) is 0.630. The minimum absolute atomic E-state index is 0. The number of aromatic hydroxyl groups is 1. The maximum atomic E-state index is 8.99. The summed E-state index contributed by atoms with van der Waals surface area (Å²) in [6.07, 6.45) is 0. The highest BCUT2D eigenvalue weighted by molar-refractivity contribution is 7.59. The van der Waals surface area contributed by atoms with Crippen LogP contribution in [0.4, 0.5) is 0 Å². The number of methoxy groups -OCH3 is 1. The molecule has 1 N–H and O–H groups in total. The number of phenolic OH excluding ortho intramolecular Hbond substituents is 1. The van der Waals surface area contributed by atoms with Crippen molar-refractivity contribution in [3.05, 3.63) is 24.3 Å². The van der Waals surface area contributed by atoms with Crippen LogP contribution < -0.4 is 4.74 Å². The molecule has 0 amide bonds. The maximum absolute atomic E-state index is 8.99. The van der Waals surface area contributed by atoms with E-state index in [1.165, 1.54) is 7.11 Å². The molecule has 3 heteroatoms. The second-order valence-electron chi connectivity index (χ2n) is 1.67. The van der Waals surface area contributed by atoms with Gasteiger partial charge >= 0.3 is 0 Å². The molecule has 0 aliphatic heterocycles. The molecule has 1 aromatic carbocycles. The Labute approximate surface area is 66.9 Å². The van der Waals surface area contributed by atoms with Crippen LogP contribution >= 0.6 is 13.5 Å². The van der Waals surface area contributed by atoms with Crippen molar-refractivity contribution in [2.75, 3.05) is 7.11 Å². The first-order valence-corrected chi connectivity index (χ1v) is 2.66. The highest BCUT2D eigenvalue weighted by atomic mass is 32.1. The Hall–Kier alpha value is -0.830. The molecular formula is C7H10O2S. The third kappa shape index (κ3) is 1.84. The summed E-state index contributed by atoms with van der Waals surface area (Å²) in [6, 6.07) is 6.84. The van der Waals surface area contributed by atoms with Crippen molar-refractivity contribution in [3.8, 4) is 11.5 Å². The van der Waals surface area contributed by atoms with Gasteiger partial charge in [0.25, 0.3) is 0 Å². The van der Waals surface area contributed by atoms with Crippen molar-refractivity contribution in [1.82, 2.24) is 0 Å². The van der Waals surface area contributed by atoms with Crippen LogP contribution in [0.25, 0.3) is 0 Å². The smallest absolute Gasteiger partial charge is 0.160 e. The Bertz CT molecular complexity index is 201. The molecule has 0 unspecified atom stereocenters. The first-order chi connectivity index (χ1) is 4.34. The Balaban J connectivity index is 0.000000810. The van der Waals surface area contributed by atoms with Crippen LogP contribution in [0.1, 0.15) is 0 Å². The van der Waals surface area contributed by atoms with E-state index >= 15 is 0 Å². The predicted molar refractivity (Wildman–Crippen MR) is 45.0 cm³/mol. The summed E-state index contributed by atoms with van der Waals surface area (Å²) in [5, 5.41) is 8.99. The topological polar surface area (TPSA) is 29.5 Å². The van der Waals surface area contributed by atoms with Gasteiger partial charge in [-0.3, -0.25) is 0 Å². The van der Waals surface area contributed by atoms with E-state index < -0.39 is 0 Å². The highest BCUT2D eigenvalue weighted by Crippen LogP contribution is 2.22. The Morgan fingerprint density at radius 3 is 2.30 bits per heavy atom. The standard InChI is InChI=1S/C7H8O2.H2S/c1-9-7-5-3-2-4-6(7)8;/h2-5,8H,1H3;1H2. The molecule has 0 aliphatic rings. The summed E-state index contributed by atoms with van der Waals surface area (Å²) in [5.74, 6) is 0.692. The molecule has 0 fully saturated rings. The van der Waals surface area contributed by atoms with Crippen molar-refractivity contribution in [3.63, 3.8) is 0 Å². The first-order valence-electron chi connectivity index (χ1n) is 2.66. The molecule has 0 radical (unpaired) electrons. The van der Waals surface area contributed by atoms with Crippen LogP contribution in [0.3, 0.4) is 0 Å². The van der Waals surface area contributed by atoms with Crippen molar-refractivity contribution in [1.29, 1.82) is 0 Å². The number of ether oxygens (including phenoxy) is 1. The van der Waals surface area contributed by atoms with Gasteiger partial charge in [0.15, 0.2) is 11.5 Å². The normalized spacial score (nSPS) is 8.10. The maximum Gasteiger partial charge on any atom is 0.160 e. The first kappa shape index (κ1) is 9.17. The third-order valence-electron chi connectivity index (χ3n) is 1.09. The fraction of sp³-hybridized carbons (Fsp3) is 0.143. The predicted octanol–water partition coefficient (Wildman–Crippen LogP) is 1.51. The van der Waals surface area contributed by atoms with Gasteiger partial charge in [0.2, 0.25) is 0 Å². The van der Waals surface area contributed by atoms with E-state index in [9.17, 15) is 0 Å². The summed E-state index contributed by atoms with van der Waals surface area (Å²) in [6.45, 7) is 0. The molecule has 0 atom stereocenters. The van der Waals surface area contributed by atoms with E-state index in [1.54, 1.807) is 24.3 Å². The summed E-state index contributed by atoms with van der Waals surface area (Å²) in [5.41, 5.74) is 0. The van der Waals surface area contributed by atoms with Gasteiger partial charge in [-0.25, -0.2) is 0 Å². The van der Waals surface area contributed by atoms with E-state index in [2.05, 4.69) is 0 Å². The molecule has 0 aromatic heterocycles. The van der Waals surface area contributed by atoms with Gasteiger partial charge in [-0.2, -0.15) is 13.5 Å². The van der Waals surface area contributed by atoms with Gasteiger partial charge in [-0.05, 0) is 12.1 Å². The van der Waals surface area contributed by atoms with Gasteiger partial charge in [-0.1, -0.05) is 12.1 Å². The molecule has 1 aromatic rings. The zero-order valence-electron chi connectivity index (χ0n) is 5.66. The molecule has 10 heavy (non-hydrogen) atoms. The Morgan fingerprint density at radius 1 is 1.30 bits per heavy atom. The number of phenols is 1. The molecule has 0 aliphatic carbocycles. The molecule has 56 valence electrons. The van der Waals surface area contributed by atoms with Crippen LogP contribution in [0, 0.1) is 0 Å². The van der Waals surface area contributed by atoms with E-state index in [0.717, 1.165) is 0 Å². The van der Waals surface area contributed by atoms with Gasteiger partial charge < -0.3 is 9.84 Å². The summed E-state index contributed by atoms with van der Waals surface area (Å²) in [7, 11) is 1.52. The lowest BCUT2D eigenvalue weighted by atomic mass is 10.3. The second kappa shape index (κ2) is 4.06. The molecule has 1 rings (SSSR count). The van der Waals surface area contributed by atoms with Crippen LogP contribution in [-0.4, -0.2) is 12.2 Å². The molecule has 0 heterocycles. The average molecular weight is 158 g/mol. The number of benzene rings is 1. The van der Waals surface area contributed by atoms with E-state index in [0.29, 0.717) is 5.75 Å². The quantitative estimate of drug-likeness (QED) is 0.671. The van der Waals surface area contributed by atoms with Crippen molar-refractivity contribution < 1.29 is 9.84 Å². The lowest BCUT2D eigenvalue weighted by molar-refractivity contribution is 0.373. The van der Waals surface area contributed by atoms with Crippen molar-refractivity contribution in [2.45, 2.75) is 0 Å². The van der Waals surface area contributed by atoms with Gasteiger partial charge in [0.05, 0.1) is 7.11 Å². The molecular weight excluding hydrogens is 148 g/mol. The summed E-state index contributed by atoms with van der Waals surface area (Å²) in [4.78, 5) is 0. The SMILES string of the molecule is COc1ccccc1O.S. The minimum atomic E-state index is 0.